The largest absolute Gasteiger partial charge is 0.314 e. The van der Waals surface area contributed by atoms with E-state index in [1.165, 1.54) is 25.7 Å². The van der Waals surface area contributed by atoms with Crippen LogP contribution < -0.4 is 5.32 Å². The summed E-state index contributed by atoms with van der Waals surface area (Å²) >= 11 is 0. The van der Waals surface area contributed by atoms with E-state index in [9.17, 15) is 0 Å². The minimum Gasteiger partial charge on any atom is -0.314 e. The van der Waals surface area contributed by atoms with Crippen LogP contribution in [0.4, 0.5) is 0 Å². The first-order chi connectivity index (χ1) is 7.72. The molecule has 0 radical (unpaired) electrons. The minimum atomic E-state index is 0.607. The van der Waals surface area contributed by atoms with Gasteiger partial charge in [0, 0.05) is 26.1 Å². The quantitative estimate of drug-likeness (QED) is 0.686. The summed E-state index contributed by atoms with van der Waals surface area (Å²) in [6.07, 6.45) is 7.90. The smallest absolute Gasteiger partial charge is 0.151 e. The Hall–Kier alpha value is -0.900. The van der Waals surface area contributed by atoms with Crippen LogP contribution in [-0.4, -0.2) is 27.4 Å². The van der Waals surface area contributed by atoms with Crippen LogP contribution in [0.2, 0.25) is 0 Å². The molecule has 92 valence electrons. The van der Waals surface area contributed by atoms with E-state index in [0.717, 1.165) is 18.8 Å². The highest BCUT2D eigenvalue weighted by Crippen LogP contribution is 2.02. The van der Waals surface area contributed by atoms with Gasteiger partial charge in [-0.1, -0.05) is 26.2 Å². The molecule has 0 saturated heterocycles. The number of aromatic nitrogens is 3. The second-order valence-corrected chi connectivity index (χ2v) is 4.44. The maximum absolute atomic E-state index is 4.25. The molecular weight excluding hydrogens is 200 g/mol. The predicted molar refractivity (Wildman–Crippen MR) is 66.3 cm³/mol. The van der Waals surface area contributed by atoms with Gasteiger partial charge in [0.1, 0.15) is 6.33 Å². The van der Waals surface area contributed by atoms with Gasteiger partial charge in [-0.25, -0.2) is 4.98 Å². The lowest BCUT2D eigenvalue weighted by Crippen LogP contribution is -2.28. The molecule has 1 atom stereocenters. The highest BCUT2D eigenvalue weighted by Gasteiger charge is 2.02. The Morgan fingerprint density at radius 1 is 1.44 bits per heavy atom. The van der Waals surface area contributed by atoms with Gasteiger partial charge in [0.05, 0.1) is 0 Å². The van der Waals surface area contributed by atoms with Crippen molar-refractivity contribution >= 4 is 0 Å². The molecule has 0 amide bonds. The third kappa shape index (κ3) is 5.26. The van der Waals surface area contributed by atoms with Crippen molar-refractivity contribution in [3.63, 3.8) is 0 Å². The molecule has 1 N–H and O–H groups in total. The van der Waals surface area contributed by atoms with E-state index in [1.54, 1.807) is 11.0 Å². The van der Waals surface area contributed by atoms with Crippen molar-refractivity contribution in [2.24, 2.45) is 7.05 Å². The molecule has 0 aliphatic heterocycles. The van der Waals surface area contributed by atoms with E-state index >= 15 is 0 Å². The SMILES string of the molecule is CCCCCC(C)NCCc1ncn(C)n1. The first kappa shape index (κ1) is 13.2. The molecule has 4 nitrogen and oxygen atoms in total. The fourth-order valence-electron chi connectivity index (χ4n) is 1.73. The monoisotopic (exact) mass is 224 g/mol. The zero-order chi connectivity index (χ0) is 11.8. The Morgan fingerprint density at radius 3 is 2.88 bits per heavy atom. The predicted octanol–water partition coefficient (Wildman–Crippen LogP) is 1.92. The van der Waals surface area contributed by atoms with Gasteiger partial charge in [0.15, 0.2) is 5.82 Å². The third-order valence-corrected chi connectivity index (χ3v) is 2.73. The first-order valence-corrected chi connectivity index (χ1v) is 6.30. The van der Waals surface area contributed by atoms with Crippen LogP contribution in [0.15, 0.2) is 6.33 Å². The molecule has 16 heavy (non-hydrogen) atoms. The highest BCUT2D eigenvalue weighted by atomic mass is 15.3. The number of hydrogen-bond acceptors (Lipinski definition) is 3. The molecule has 1 heterocycles. The lowest BCUT2D eigenvalue weighted by atomic mass is 10.1. The molecule has 0 fully saturated rings. The molecule has 0 aliphatic rings. The van der Waals surface area contributed by atoms with Gasteiger partial charge in [-0.15, -0.1) is 0 Å². The number of nitrogens with zero attached hydrogens (tertiary/aromatic N) is 3. The number of nitrogens with one attached hydrogen (secondary N) is 1. The lowest BCUT2D eigenvalue weighted by molar-refractivity contribution is 0.488. The van der Waals surface area contributed by atoms with Gasteiger partial charge in [-0.05, 0) is 13.3 Å². The zero-order valence-electron chi connectivity index (χ0n) is 10.7. The van der Waals surface area contributed by atoms with Gasteiger partial charge in [0.25, 0.3) is 0 Å². The second-order valence-electron chi connectivity index (χ2n) is 4.44. The molecule has 1 aromatic heterocycles. The van der Waals surface area contributed by atoms with E-state index in [2.05, 4.69) is 29.2 Å². The highest BCUT2D eigenvalue weighted by molar-refractivity contribution is 4.82. The van der Waals surface area contributed by atoms with Crippen molar-refractivity contribution in [3.8, 4) is 0 Å². The van der Waals surface area contributed by atoms with E-state index in [-0.39, 0.29) is 0 Å². The Labute approximate surface area is 98.5 Å². The van der Waals surface area contributed by atoms with Crippen LogP contribution in [0.25, 0.3) is 0 Å². The topological polar surface area (TPSA) is 42.7 Å². The molecule has 0 bridgehead atoms. The van der Waals surface area contributed by atoms with Gasteiger partial charge >= 0.3 is 0 Å². The third-order valence-electron chi connectivity index (χ3n) is 2.73. The summed E-state index contributed by atoms with van der Waals surface area (Å²) in [5.41, 5.74) is 0. The minimum absolute atomic E-state index is 0.607. The maximum Gasteiger partial charge on any atom is 0.151 e. The van der Waals surface area contributed by atoms with Crippen molar-refractivity contribution in [1.29, 1.82) is 0 Å². The van der Waals surface area contributed by atoms with Gasteiger partial charge in [-0.3, -0.25) is 4.68 Å². The molecule has 0 spiro atoms. The van der Waals surface area contributed by atoms with Crippen molar-refractivity contribution in [2.45, 2.75) is 52.0 Å². The molecule has 0 aromatic carbocycles. The zero-order valence-corrected chi connectivity index (χ0v) is 10.7. The number of unbranched alkanes of at least 4 members (excludes halogenated alkanes) is 2. The van der Waals surface area contributed by atoms with E-state index in [4.69, 9.17) is 0 Å². The van der Waals surface area contributed by atoms with Crippen LogP contribution in [-0.2, 0) is 13.5 Å². The van der Waals surface area contributed by atoms with E-state index in [0.29, 0.717) is 6.04 Å². The molecule has 0 aliphatic carbocycles. The Balaban J connectivity index is 2.06. The van der Waals surface area contributed by atoms with Crippen LogP contribution in [0.3, 0.4) is 0 Å². The van der Waals surface area contributed by atoms with Crippen LogP contribution in [0.5, 0.6) is 0 Å². The van der Waals surface area contributed by atoms with Crippen molar-refractivity contribution in [1.82, 2.24) is 20.1 Å². The summed E-state index contributed by atoms with van der Waals surface area (Å²) in [7, 11) is 1.90. The summed E-state index contributed by atoms with van der Waals surface area (Å²) < 4.78 is 1.75. The first-order valence-electron chi connectivity index (χ1n) is 6.30. The summed E-state index contributed by atoms with van der Waals surface area (Å²) in [5.74, 6) is 0.927. The molecular formula is C12H24N4. The number of rotatable bonds is 8. The molecule has 4 heteroatoms. The van der Waals surface area contributed by atoms with Gasteiger partial charge in [0.2, 0.25) is 0 Å². The van der Waals surface area contributed by atoms with Crippen LogP contribution in [0, 0.1) is 0 Å². The Morgan fingerprint density at radius 2 is 2.25 bits per heavy atom. The van der Waals surface area contributed by atoms with Crippen molar-refractivity contribution < 1.29 is 0 Å². The number of hydrogen-bond donors (Lipinski definition) is 1. The average Bonchev–Trinajstić information content (AvgIpc) is 2.65. The molecule has 1 rings (SSSR count). The summed E-state index contributed by atoms with van der Waals surface area (Å²) in [5, 5.41) is 7.76. The number of aryl methyl sites for hydroxylation is 1. The second kappa shape index (κ2) is 7.39. The van der Waals surface area contributed by atoms with E-state index < -0.39 is 0 Å². The van der Waals surface area contributed by atoms with Crippen LogP contribution in [0.1, 0.15) is 45.4 Å². The average molecular weight is 224 g/mol. The van der Waals surface area contributed by atoms with Crippen molar-refractivity contribution in [3.05, 3.63) is 12.2 Å². The Bertz CT molecular complexity index is 282. The fraction of sp³-hybridized carbons (Fsp3) is 0.833. The molecule has 1 unspecified atom stereocenters. The molecule has 0 saturated carbocycles. The van der Waals surface area contributed by atoms with Gasteiger partial charge < -0.3 is 5.32 Å². The Kier molecular flexibility index (Phi) is 6.08. The normalized spacial score (nSPS) is 12.9. The fourth-order valence-corrected chi connectivity index (χ4v) is 1.73. The van der Waals surface area contributed by atoms with E-state index in [1.807, 2.05) is 7.05 Å². The lowest BCUT2D eigenvalue weighted by Gasteiger charge is -2.12. The maximum atomic E-state index is 4.25. The summed E-state index contributed by atoms with van der Waals surface area (Å²) in [4.78, 5) is 4.20. The standard InChI is InChI=1S/C12H24N4/c1-4-5-6-7-11(2)13-9-8-12-14-10-16(3)15-12/h10-11,13H,4-9H2,1-3H3. The van der Waals surface area contributed by atoms with Crippen LogP contribution >= 0.6 is 0 Å². The summed E-state index contributed by atoms with van der Waals surface area (Å²) in [6.45, 7) is 5.46. The van der Waals surface area contributed by atoms with Gasteiger partial charge in [-0.2, -0.15) is 5.10 Å². The van der Waals surface area contributed by atoms with Crippen molar-refractivity contribution in [2.75, 3.05) is 6.54 Å². The molecule has 1 aromatic rings. The summed E-state index contributed by atoms with van der Waals surface area (Å²) in [6, 6.07) is 0.607.